The van der Waals surface area contributed by atoms with Crippen molar-refractivity contribution >= 4 is 5.91 Å². The molecule has 0 heterocycles. The van der Waals surface area contributed by atoms with Crippen LogP contribution in [0.1, 0.15) is 47.8 Å². The fourth-order valence-electron chi connectivity index (χ4n) is 2.70. The molecule has 1 N–H and O–H groups in total. The van der Waals surface area contributed by atoms with E-state index in [9.17, 15) is 4.79 Å². The largest absolute Gasteiger partial charge is 0.496 e. The third-order valence-corrected chi connectivity index (χ3v) is 3.87. The highest BCUT2D eigenvalue weighted by Gasteiger charge is 2.17. The smallest absolute Gasteiger partial charge is 0.251 e. The van der Waals surface area contributed by atoms with Crippen LogP contribution in [0, 0.1) is 12.8 Å². The minimum atomic E-state index is -0.0507. The molecule has 0 saturated heterocycles. The Morgan fingerprint density at radius 1 is 1.13 bits per heavy atom. The Morgan fingerprint density at radius 3 is 2.39 bits per heavy atom. The van der Waals surface area contributed by atoms with E-state index >= 15 is 0 Å². The molecule has 0 radical (unpaired) electrons. The Morgan fingerprint density at radius 2 is 1.83 bits per heavy atom. The van der Waals surface area contributed by atoms with Crippen molar-refractivity contribution in [2.45, 2.75) is 33.2 Å². The van der Waals surface area contributed by atoms with Gasteiger partial charge in [-0.15, -0.1) is 0 Å². The first kappa shape index (κ1) is 17.1. The first-order valence-electron chi connectivity index (χ1n) is 8.01. The lowest BCUT2D eigenvalue weighted by Crippen LogP contribution is -2.29. The van der Waals surface area contributed by atoms with Crippen LogP contribution in [0.4, 0.5) is 0 Å². The second-order valence-corrected chi connectivity index (χ2v) is 6.25. The molecule has 2 aromatic carbocycles. The van der Waals surface area contributed by atoms with Crippen LogP contribution >= 0.6 is 0 Å². The third-order valence-electron chi connectivity index (χ3n) is 3.87. The number of rotatable bonds is 6. The zero-order valence-corrected chi connectivity index (χ0v) is 14.3. The van der Waals surface area contributed by atoms with E-state index in [2.05, 4.69) is 31.3 Å². The van der Waals surface area contributed by atoms with Gasteiger partial charge >= 0.3 is 0 Å². The van der Waals surface area contributed by atoms with Crippen LogP contribution in [0.15, 0.2) is 48.5 Å². The summed E-state index contributed by atoms with van der Waals surface area (Å²) in [5, 5.41) is 3.17. The van der Waals surface area contributed by atoms with Crippen LogP contribution in [0.3, 0.4) is 0 Å². The molecule has 0 aliphatic heterocycles. The molecule has 122 valence electrons. The molecule has 1 atom stereocenters. The molecule has 3 nitrogen and oxygen atoms in total. The lowest BCUT2D eigenvalue weighted by atomic mass is 9.96. The van der Waals surface area contributed by atoms with Gasteiger partial charge in [-0.3, -0.25) is 4.79 Å². The van der Waals surface area contributed by atoms with Gasteiger partial charge in [0.15, 0.2) is 0 Å². The maximum atomic E-state index is 12.6. The highest BCUT2D eigenvalue weighted by Crippen LogP contribution is 2.23. The number of nitrogens with one attached hydrogen (secondary N) is 1. The summed E-state index contributed by atoms with van der Waals surface area (Å²) in [5.74, 6) is 1.24. The number of ether oxygens (including phenoxy) is 1. The molecule has 0 spiro atoms. The highest BCUT2D eigenvalue weighted by molar-refractivity contribution is 5.94. The second-order valence-electron chi connectivity index (χ2n) is 6.25. The molecule has 23 heavy (non-hydrogen) atoms. The van der Waals surface area contributed by atoms with Crippen molar-refractivity contribution < 1.29 is 9.53 Å². The molecule has 0 aliphatic rings. The maximum Gasteiger partial charge on any atom is 0.251 e. The average Bonchev–Trinajstić information content (AvgIpc) is 2.54. The molecule has 1 amide bonds. The fraction of sp³-hybridized carbons (Fsp3) is 0.350. The molecular formula is C20H25NO2. The maximum absolute atomic E-state index is 12.6. The van der Waals surface area contributed by atoms with Gasteiger partial charge < -0.3 is 10.1 Å². The van der Waals surface area contributed by atoms with Crippen molar-refractivity contribution in [1.29, 1.82) is 0 Å². The van der Waals surface area contributed by atoms with Gasteiger partial charge in [-0.05, 0) is 48.6 Å². The molecule has 2 aromatic rings. The fourth-order valence-corrected chi connectivity index (χ4v) is 2.70. The number of hydrogen-bond donors (Lipinski definition) is 1. The predicted molar refractivity (Wildman–Crippen MR) is 93.8 cm³/mol. The minimum Gasteiger partial charge on any atom is -0.496 e. The van der Waals surface area contributed by atoms with Gasteiger partial charge in [-0.1, -0.05) is 44.2 Å². The highest BCUT2D eigenvalue weighted by atomic mass is 16.5. The number of carbonyl (C=O) groups excluding carboxylic acids is 1. The van der Waals surface area contributed by atoms with E-state index in [1.54, 1.807) is 13.2 Å². The normalized spacial score (nSPS) is 12.0. The third kappa shape index (κ3) is 4.59. The van der Waals surface area contributed by atoms with E-state index < -0.39 is 0 Å². The summed E-state index contributed by atoms with van der Waals surface area (Å²) in [5.41, 5.74) is 2.76. The van der Waals surface area contributed by atoms with Crippen LogP contribution < -0.4 is 10.1 Å². The number of carbonyl (C=O) groups is 1. The van der Waals surface area contributed by atoms with Crippen molar-refractivity contribution in [2.75, 3.05) is 7.11 Å². The number of hydrogen-bond acceptors (Lipinski definition) is 2. The number of benzene rings is 2. The summed E-state index contributed by atoms with van der Waals surface area (Å²) in [6.45, 7) is 6.28. The van der Waals surface area contributed by atoms with E-state index in [1.165, 1.54) is 0 Å². The van der Waals surface area contributed by atoms with Crippen molar-refractivity contribution in [1.82, 2.24) is 5.32 Å². The molecule has 0 aromatic heterocycles. The summed E-state index contributed by atoms with van der Waals surface area (Å²) in [4.78, 5) is 12.6. The molecule has 0 saturated carbocycles. The van der Waals surface area contributed by atoms with E-state index in [1.807, 2.05) is 37.3 Å². The summed E-state index contributed by atoms with van der Waals surface area (Å²) in [6.07, 6.45) is 0.908. The number of aryl methyl sites for hydroxylation is 1. The van der Waals surface area contributed by atoms with Crippen LogP contribution in [0.5, 0.6) is 5.75 Å². The van der Waals surface area contributed by atoms with E-state index in [0.29, 0.717) is 11.5 Å². The zero-order chi connectivity index (χ0) is 16.8. The number of amides is 1. The quantitative estimate of drug-likeness (QED) is 0.851. The first-order valence-corrected chi connectivity index (χ1v) is 8.01. The average molecular weight is 311 g/mol. The van der Waals surface area contributed by atoms with Crippen LogP contribution in [0.25, 0.3) is 0 Å². The predicted octanol–water partition coefficient (Wildman–Crippen LogP) is 4.52. The van der Waals surface area contributed by atoms with E-state index in [-0.39, 0.29) is 11.9 Å². The van der Waals surface area contributed by atoms with Gasteiger partial charge in [-0.25, -0.2) is 0 Å². The Hall–Kier alpha value is -2.29. The van der Waals surface area contributed by atoms with Gasteiger partial charge in [0.05, 0.1) is 13.2 Å². The van der Waals surface area contributed by atoms with Crippen LogP contribution in [0.2, 0.25) is 0 Å². The van der Waals surface area contributed by atoms with Gasteiger partial charge in [0, 0.05) is 5.56 Å². The number of methoxy groups -OCH3 is 1. The van der Waals surface area contributed by atoms with E-state index in [4.69, 9.17) is 4.74 Å². The molecule has 0 unspecified atom stereocenters. The van der Waals surface area contributed by atoms with Crippen molar-refractivity contribution in [3.63, 3.8) is 0 Å². The van der Waals surface area contributed by atoms with Gasteiger partial charge in [-0.2, -0.15) is 0 Å². The molecule has 0 bridgehead atoms. The molecule has 2 rings (SSSR count). The zero-order valence-electron chi connectivity index (χ0n) is 14.3. The Balaban J connectivity index is 2.19. The first-order chi connectivity index (χ1) is 11.0. The summed E-state index contributed by atoms with van der Waals surface area (Å²) in [7, 11) is 1.64. The Bertz CT molecular complexity index is 650. The van der Waals surface area contributed by atoms with Gasteiger partial charge in [0.25, 0.3) is 5.91 Å². The van der Waals surface area contributed by atoms with Gasteiger partial charge in [0.1, 0.15) is 5.75 Å². The lowest BCUT2D eigenvalue weighted by molar-refractivity contribution is 0.0932. The topological polar surface area (TPSA) is 38.3 Å². The van der Waals surface area contributed by atoms with Crippen LogP contribution in [-0.4, -0.2) is 13.0 Å². The standard InChI is InChI=1S/C20H25NO2/c1-14(2)12-18(16-8-6-5-7-9-16)21-20(22)17-10-11-19(23-4)15(3)13-17/h5-11,13-14,18H,12H2,1-4H3,(H,21,22)/t18-/m0/s1. The second kappa shape index (κ2) is 7.82. The molecule has 0 aliphatic carbocycles. The monoisotopic (exact) mass is 311 g/mol. The molecule has 0 fully saturated rings. The Labute approximate surface area is 138 Å². The Kier molecular flexibility index (Phi) is 5.80. The molecule has 3 heteroatoms. The van der Waals surface area contributed by atoms with Crippen molar-refractivity contribution in [2.24, 2.45) is 5.92 Å². The van der Waals surface area contributed by atoms with Crippen molar-refractivity contribution in [3.05, 3.63) is 65.2 Å². The van der Waals surface area contributed by atoms with Crippen LogP contribution in [-0.2, 0) is 0 Å². The summed E-state index contributed by atoms with van der Waals surface area (Å²) >= 11 is 0. The molecular weight excluding hydrogens is 286 g/mol. The summed E-state index contributed by atoms with van der Waals surface area (Å²) in [6, 6.07) is 15.7. The summed E-state index contributed by atoms with van der Waals surface area (Å²) < 4.78 is 5.25. The minimum absolute atomic E-state index is 0.0195. The SMILES string of the molecule is COc1ccc(C(=O)N[C@@H](CC(C)C)c2ccccc2)cc1C. The van der Waals surface area contributed by atoms with E-state index in [0.717, 1.165) is 23.3 Å². The lowest BCUT2D eigenvalue weighted by Gasteiger charge is -2.21. The van der Waals surface area contributed by atoms with Gasteiger partial charge in [0.2, 0.25) is 0 Å². The van der Waals surface area contributed by atoms with Crippen molar-refractivity contribution in [3.8, 4) is 5.75 Å².